The molecule has 0 saturated carbocycles. The standard InChI is InChI=1S/C31H33NO5/c1-21(31(34)35)25-8-9-27-19-28(13-11-26(27)18-25)36-16-3-4-17-37-29-12-10-23-6-5-7-24(30(23)20-29)14-15-32-22(2)33/h5-13,18-21H,3-4,14-17H2,1-2H3,(H,32,33)(H,34,35). The number of hydrogen-bond donors (Lipinski definition) is 2. The molecule has 4 aromatic rings. The lowest BCUT2D eigenvalue weighted by Crippen LogP contribution is -2.22. The monoisotopic (exact) mass is 499 g/mol. The van der Waals surface area contributed by atoms with Crippen LogP contribution in [0.2, 0.25) is 0 Å². The second kappa shape index (κ2) is 12.3. The van der Waals surface area contributed by atoms with Crippen LogP contribution >= 0.6 is 0 Å². The summed E-state index contributed by atoms with van der Waals surface area (Å²) in [5.41, 5.74) is 1.98. The summed E-state index contributed by atoms with van der Waals surface area (Å²) in [6.07, 6.45) is 2.50. The molecular weight excluding hydrogens is 466 g/mol. The number of fused-ring (bicyclic) bond motifs is 2. The first-order valence-corrected chi connectivity index (χ1v) is 12.7. The topological polar surface area (TPSA) is 84.9 Å². The van der Waals surface area contributed by atoms with Crippen molar-refractivity contribution in [1.29, 1.82) is 0 Å². The molecule has 6 heteroatoms. The lowest BCUT2D eigenvalue weighted by atomic mass is 9.98. The zero-order valence-electron chi connectivity index (χ0n) is 21.3. The van der Waals surface area contributed by atoms with Crippen LogP contribution in [-0.2, 0) is 16.0 Å². The lowest BCUT2D eigenvalue weighted by Gasteiger charge is -2.11. The maximum absolute atomic E-state index is 11.2. The third-order valence-electron chi connectivity index (χ3n) is 6.49. The Labute approximate surface area is 217 Å². The molecule has 0 aromatic heterocycles. The molecule has 4 rings (SSSR count). The normalized spacial score (nSPS) is 11.8. The van der Waals surface area contributed by atoms with Crippen LogP contribution in [-0.4, -0.2) is 36.7 Å². The maximum Gasteiger partial charge on any atom is 0.310 e. The Morgan fingerprint density at radius 3 is 2.19 bits per heavy atom. The minimum atomic E-state index is -0.827. The van der Waals surface area contributed by atoms with Crippen LogP contribution in [0.3, 0.4) is 0 Å². The molecule has 192 valence electrons. The number of benzene rings is 4. The second-order valence-electron chi connectivity index (χ2n) is 9.27. The summed E-state index contributed by atoms with van der Waals surface area (Å²) in [5, 5.41) is 16.4. The minimum Gasteiger partial charge on any atom is -0.494 e. The molecule has 0 fully saturated rings. The van der Waals surface area contributed by atoms with Crippen LogP contribution in [0.5, 0.6) is 11.5 Å². The molecule has 2 N–H and O–H groups in total. The molecular formula is C31H33NO5. The highest BCUT2D eigenvalue weighted by Gasteiger charge is 2.13. The minimum absolute atomic E-state index is 0.0184. The van der Waals surface area contributed by atoms with Gasteiger partial charge in [0.1, 0.15) is 11.5 Å². The number of hydrogen-bond acceptors (Lipinski definition) is 4. The van der Waals surface area contributed by atoms with E-state index in [-0.39, 0.29) is 5.91 Å². The Hall–Kier alpha value is -4.06. The van der Waals surface area contributed by atoms with Crippen LogP contribution < -0.4 is 14.8 Å². The molecule has 0 spiro atoms. The molecule has 1 atom stereocenters. The van der Waals surface area contributed by atoms with E-state index in [4.69, 9.17) is 9.47 Å². The van der Waals surface area contributed by atoms with Crippen LogP contribution in [0.4, 0.5) is 0 Å². The molecule has 1 unspecified atom stereocenters. The van der Waals surface area contributed by atoms with E-state index in [1.807, 2.05) is 48.5 Å². The summed E-state index contributed by atoms with van der Waals surface area (Å²) in [6, 6.07) is 24.0. The van der Waals surface area contributed by atoms with Crippen LogP contribution in [0.25, 0.3) is 21.5 Å². The van der Waals surface area contributed by atoms with Gasteiger partial charge in [0.15, 0.2) is 0 Å². The van der Waals surface area contributed by atoms with Gasteiger partial charge in [0, 0.05) is 13.5 Å². The van der Waals surface area contributed by atoms with E-state index in [0.717, 1.165) is 57.9 Å². The van der Waals surface area contributed by atoms with Crippen molar-refractivity contribution in [3.63, 3.8) is 0 Å². The Bertz CT molecular complexity index is 1400. The number of carbonyl (C=O) groups is 2. The number of carboxylic acid groups (broad SMARTS) is 1. The molecule has 0 radical (unpaired) electrons. The quantitative estimate of drug-likeness (QED) is 0.230. The maximum atomic E-state index is 11.2. The fourth-order valence-electron chi connectivity index (χ4n) is 4.33. The molecule has 0 saturated heterocycles. The van der Waals surface area contributed by atoms with Crippen molar-refractivity contribution in [2.24, 2.45) is 0 Å². The van der Waals surface area contributed by atoms with Gasteiger partial charge in [-0.05, 0) is 83.1 Å². The van der Waals surface area contributed by atoms with Crippen molar-refractivity contribution in [2.45, 2.75) is 39.0 Å². The fourth-order valence-corrected chi connectivity index (χ4v) is 4.33. The molecule has 4 aromatic carbocycles. The second-order valence-corrected chi connectivity index (χ2v) is 9.27. The van der Waals surface area contributed by atoms with Crippen molar-refractivity contribution in [3.8, 4) is 11.5 Å². The van der Waals surface area contributed by atoms with E-state index in [1.54, 1.807) is 6.92 Å². The van der Waals surface area contributed by atoms with Crippen molar-refractivity contribution < 1.29 is 24.2 Å². The number of rotatable bonds is 12. The first kappa shape index (κ1) is 26.0. The molecule has 6 nitrogen and oxygen atoms in total. The highest BCUT2D eigenvalue weighted by Crippen LogP contribution is 2.26. The number of unbranched alkanes of at least 4 members (excludes halogenated alkanes) is 1. The van der Waals surface area contributed by atoms with Gasteiger partial charge in [-0.25, -0.2) is 0 Å². The average molecular weight is 500 g/mol. The summed E-state index contributed by atoms with van der Waals surface area (Å²) in [4.78, 5) is 22.4. The Morgan fingerprint density at radius 1 is 0.838 bits per heavy atom. The Balaban J connectivity index is 1.25. The largest absolute Gasteiger partial charge is 0.494 e. The summed E-state index contributed by atoms with van der Waals surface area (Å²) in [5.74, 6) is 0.261. The number of ether oxygens (including phenoxy) is 2. The van der Waals surface area contributed by atoms with Gasteiger partial charge in [-0.2, -0.15) is 0 Å². The van der Waals surface area contributed by atoms with Crippen molar-refractivity contribution in [2.75, 3.05) is 19.8 Å². The van der Waals surface area contributed by atoms with Crippen molar-refractivity contribution >= 4 is 33.4 Å². The predicted octanol–water partition coefficient (Wildman–Crippen LogP) is 6.10. The fraction of sp³-hybridized carbons (Fsp3) is 0.290. The Morgan fingerprint density at radius 2 is 1.49 bits per heavy atom. The first-order valence-electron chi connectivity index (χ1n) is 12.7. The van der Waals surface area contributed by atoms with Crippen LogP contribution in [0, 0.1) is 0 Å². The van der Waals surface area contributed by atoms with Gasteiger partial charge >= 0.3 is 5.97 Å². The van der Waals surface area contributed by atoms with Crippen molar-refractivity contribution in [3.05, 3.63) is 83.9 Å². The van der Waals surface area contributed by atoms with Gasteiger partial charge < -0.3 is 19.9 Å². The van der Waals surface area contributed by atoms with E-state index in [9.17, 15) is 14.7 Å². The zero-order chi connectivity index (χ0) is 26.2. The van der Waals surface area contributed by atoms with E-state index in [0.29, 0.717) is 19.8 Å². The SMILES string of the molecule is CC(=O)NCCc1cccc2ccc(OCCCCOc3ccc4cc(C(C)C(=O)O)ccc4c3)cc12. The molecule has 0 heterocycles. The first-order chi connectivity index (χ1) is 17.9. The summed E-state index contributed by atoms with van der Waals surface area (Å²) >= 11 is 0. The third-order valence-corrected chi connectivity index (χ3v) is 6.49. The number of carbonyl (C=O) groups excluding carboxylic acids is 1. The lowest BCUT2D eigenvalue weighted by molar-refractivity contribution is -0.138. The smallest absolute Gasteiger partial charge is 0.310 e. The molecule has 0 bridgehead atoms. The molecule has 0 aliphatic heterocycles. The van der Waals surface area contributed by atoms with E-state index in [2.05, 4.69) is 29.6 Å². The van der Waals surface area contributed by atoms with E-state index in [1.165, 1.54) is 12.5 Å². The summed E-state index contributed by atoms with van der Waals surface area (Å²) in [7, 11) is 0. The molecule has 1 amide bonds. The summed E-state index contributed by atoms with van der Waals surface area (Å²) < 4.78 is 11.9. The highest BCUT2D eigenvalue weighted by atomic mass is 16.5. The summed E-state index contributed by atoms with van der Waals surface area (Å²) in [6.45, 7) is 5.03. The average Bonchev–Trinajstić information content (AvgIpc) is 2.89. The molecule has 37 heavy (non-hydrogen) atoms. The van der Waals surface area contributed by atoms with Gasteiger partial charge in [-0.15, -0.1) is 0 Å². The van der Waals surface area contributed by atoms with Gasteiger partial charge in [-0.1, -0.05) is 48.5 Å². The number of amides is 1. The van der Waals surface area contributed by atoms with Crippen LogP contribution in [0.15, 0.2) is 72.8 Å². The number of nitrogens with one attached hydrogen (secondary N) is 1. The van der Waals surface area contributed by atoms with Crippen LogP contribution in [0.1, 0.15) is 43.7 Å². The zero-order valence-corrected chi connectivity index (χ0v) is 21.3. The highest BCUT2D eigenvalue weighted by molar-refractivity contribution is 5.87. The molecule has 0 aliphatic carbocycles. The molecule has 0 aliphatic rings. The number of carboxylic acids is 1. The predicted molar refractivity (Wildman–Crippen MR) is 147 cm³/mol. The van der Waals surface area contributed by atoms with Gasteiger partial charge in [0.25, 0.3) is 0 Å². The van der Waals surface area contributed by atoms with Gasteiger partial charge in [0.05, 0.1) is 19.1 Å². The number of aliphatic carboxylic acids is 1. The van der Waals surface area contributed by atoms with Crippen molar-refractivity contribution in [1.82, 2.24) is 5.32 Å². The van der Waals surface area contributed by atoms with Gasteiger partial charge in [0.2, 0.25) is 5.91 Å². The van der Waals surface area contributed by atoms with Gasteiger partial charge in [-0.3, -0.25) is 9.59 Å². The third kappa shape index (κ3) is 7.00. The van der Waals surface area contributed by atoms with E-state index >= 15 is 0 Å². The van der Waals surface area contributed by atoms with E-state index < -0.39 is 11.9 Å². The Kier molecular flexibility index (Phi) is 8.62.